The van der Waals surface area contributed by atoms with Gasteiger partial charge in [0, 0.05) is 18.0 Å². The van der Waals surface area contributed by atoms with Gasteiger partial charge in [0.25, 0.3) is 0 Å². The molecule has 0 spiro atoms. The van der Waals surface area contributed by atoms with Crippen LogP contribution in [0.25, 0.3) is 0 Å². The van der Waals surface area contributed by atoms with Crippen molar-refractivity contribution in [1.82, 2.24) is 5.32 Å². The smallest absolute Gasteiger partial charge is 0.0770 e. The number of ether oxygens (including phenoxy) is 1. The summed E-state index contributed by atoms with van der Waals surface area (Å²) in [4.78, 5) is 1.56. The third-order valence-electron chi connectivity index (χ3n) is 3.17. The van der Waals surface area contributed by atoms with Gasteiger partial charge in [0.05, 0.1) is 12.1 Å². The van der Waals surface area contributed by atoms with Gasteiger partial charge >= 0.3 is 0 Å². The van der Waals surface area contributed by atoms with Crippen LogP contribution in [-0.2, 0) is 11.2 Å². The van der Waals surface area contributed by atoms with Crippen LogP contribution in [-0.4, -0.2) is 19.3 Å². The van der Waals surface area contributed by atoms with E-state index in [9.17, 15) is 0 Å². The van der Waals surface area contributed by atoms with Crippen LogP contribution < -0.4 is 5.32 Å². The topological polar surface area (TPSA) is 21.3 Å². The molecule has 0 bridgehead atoms. The standard InChI is InChI=1S/C11H15NOS/c1-2-9(13-6-1)11-8-4-7-14-10(8)3-5-12-11/h4,7,9,11-12H,1-3,5-6H2. The zero-order valence-corrected chi connectivity index (χ0v) is 8.98. The summed E-state index contributed by atoms with van der Waals surface area (Å²) in [5, 5.41) is 5.79. The van der Waals surface area contributed by atoms with E-state index in [2.05, 4.69) is 16.8 Å². The van der Waals surface area contributed by atoms with Crippen molar-refractivity contribution >= 4 is 11.3 Å². The number of rotatable bonds is 1. The summed E-state index contributed by atoms with van der Waals surface area (Å²) in [6.07, 6.45) is 4.05. The lowest BCUT2D eigenvalue weighted by Crippen LogP contribution is -2.36. The quantitative estimate of drug-likeness (QED) is 0.765. The van der Waals surface area contributed by atoms with E-state index in [1.807, 2.05) is 11.3 Å². The lowest BCUT2D eigenvalue weighted by Gasteiger charge is -2.28. The average molecular weight is 209 g/mol. The van der Waals surface area contributed by atoms with Gasteiger partial charge in [0.2, 0.25) is 0 Å². The van der Waals surface area contributed by atoms with Crippen molar-refractivity contribution in [1.29, 1.82) is 0 Å². The Morgan fingerprint density at radius 3 is 3.36 bits per heavy atom. The number of thiophene rings is 1. The van der Waals surface area contributed by atoms with Crippen molar-refractivity contribution in [2.45, 2.75) is 31.4 Å². The van der Waals surface area contributed by atoms with Crippen LogP contribution in [0.4, 0.5) is 0 Å². The van der Waals surface area contributed by atoms with E-state index in [1.165, 1.54) is 24.8 Å². The maximum Gasteiger partial charge on any atom is 0.0770 e. The van der Waals surface area contributed by atoms with Crippen LogP contribution in [0.3, 0.4) is 0 Å². The van der Waals surface area contributed by atoms with Gasteiger partial charge in [0.15, 0.2) is 0 Å². The summed E-state index contributed by atoms with van der Waals surface area (Å²) < 4.78 is 5.76. The van der Waals surface area contributed by atoms with Crippen LogP contribution in [0, 0.1) is 0 Å². The molecule has 2 aliphatic rings. The van der Waals surface area contributed by atoms with Crippen molar-refractivity contribution in [3.8, 4) is 0 Å². The first-order chi connectivity index (χ1) is 6.95. The molecule has 2 aliphatic heterocycles. The minimum absolute atomic E-state index is 0.420. The monoisotopic (exact) mass is 209 g/mol. The fraction of sp³-hybridized carbons (Fsp3) is 0.636. The molecule has 1 saturated heterocycles. The molecule has 1 N–H and O–H groups in total. The SMILES string of the molecule is c1cc2c(s1)CCNC2C1CCCO1. The Morgan fingerprint density at radius 1 is 1.50 bits per heavy atom. The Kier molecular flexibility index (Phi) is 2.32. The van der Waals surface area contributed by atoms with E-state index in [-0.39, 0.29) is 0 Å². The molecule has 1 fully saturated rings. The summed E-state index contributed by atoms with van der Waals surface area (Å²) in [7, 11) is 0. The van der Waals surface area contributed by atoms with Crippen LogP contribution in [0.15, 0.2) is 11.4 Å². The molecule has 0 amide bonds. The Balaban J connectivity index is 1.88. The van der Waals surface area contributed by atoms with Gasteiger partial charge in [0.1, 0.15) is 0 Å². The Hall–Kier alpha value is -0.380. The van der Waals surface area contributed by atoms with Crippen molar-refractivity contribution in [2.75, 3.05) is 13.2 Å². The molecule has 0 aliphatic carbocycles. The summed E-state index contributed by atoms with van der Waals surface area (Å²) in [5.41, 5.74) is 1.49. The van der Waals surface area contributed by atoms with E-state index in [0.29, 0.717) is 12.1 Å². The first-order valence-corrected chi connectivity index (χ1v) is 6.24. The highest BCUT2D eigenvalue weighted by atomic mass is 32.1. The molecule has 0 aromatic carbocycles. The molecular weight excluding hydrogens is 194 g/mol. The van der Waals surface area contributed by atoms with E-state index in [1.54, 1.807) is 4.88 Å². The normalized spacial score (nSPS) is 31.7. The van der Waals surface area contributed by atoms with Crippen LogP contribution >= 0.6 is 11.3 Å². The van der Waals surface area contributed by atoms with Gasteiger partial charge in [-0.1, -0.05) is 0 Å². The minimum Gasteiger partial charge on any atom is -0.376 e. The maximum absolute atomic E-state index is 5.76. The van der Waals surface area contributed by atoms with Crippen molar-refractivity contribution in [3.05, 3.63) is 21.9 Å². The lowest BCUT2D eigenvalue weighted by atomic mass is 9.96. The summed E-state index contributed by atoms with van der Waals surface area (Å²) in [6.45, 7) is 2.06. The van der Waals surface area contributed by atoms with Crippen LogP contribution in [0.1, 0.15) is 29.3 Å². The number of hydrogen-bond donors (Lipinski definition) is 1. The second-order valence-corrected chi connectivity index (χ2v) is 5.03. The fourth-order valence-corrected chi connectivity index (χ4v) is 3.41. The van der Waals surface area contributed by atoms with Gasteiger partial charge in [-0.2, -0.15) is 0 Å². The predicted molar refractivity (Wildman–Crippen MR) is 57.7 cm³/mol. The van der Waals surface area contributed by atoms with Crippen molar-refractivity contribution in [3.63, 3.8) is 0 Å². The van der Waals surface area contributed by atoms with Crippen LogP contribution in [0.2, 0.25) is 0 Å². The van der Waals surface area contributed by atoms with Gasteiger partial charge < -0.3 is 10.1 Å². The Bertz CT molecular complexity index is 317. The highest BCUT2D eigenvalue weighted by Crippen LogP contribution is 2.33. The predicted octanol–water partition coefficient (Wildman–Crippen LogP) is 2.11. The second kappa shape index (κ2) is 3.65. The van der Waals surface area contributed by atoms with Gasteiger partial charge in [-0.3, -0.25) is 0 Å². The highest BCUT2D eigenvalue weighted by molar-refractivity contribution is 7.10. The maximum atomic E-state index is 5.76. The van der Waals surface area contributed by atoms with Gasteiger partial charge in [-0.15, -0.1) is 11.3 Å². The first kappa shape index (κ1) is 8.89. The van der Waals surface area contributed by atoms with E-state index < -0.39 is 0 Å². The molecule has 1 aromatic rings. The molecule has 2 nitrogen and oxygen atoms in total. The summed E-state index contributed by atoms with van der Waals surface area (Å²) in [5.74, 6) is 0. The van der Waals surface area contributed by atoms with Gasteiger partial charge in [-0.25, -0.2) is 0 Å². The number of hydrogen-bond acceptors (Lipinski definition) is 3. The van der Waals surface area contributed by atoms with E-state index >= 15 is 0 Å². The molecule has 0 radical (unpaired) electrons. The molecule has 3 heterocycles. The van der Waals surface area contributed by atoms with E-state index in [4.69, 9.17) is 4.74 Å². The molecule has 14 heavy (non-hydrogen) atoms. The third-order valence-corrected chi connectivity index (χ3v) is 4.16. The minimum atomic E-state index is 0.420. The van der Waals surface area contributed by atoms with Gasteiger partial charge in [-0.05, 0) is 36.3 Å². The molecule has 1 aromatic heterocycles. The fourth-order valence-electron chi connectivity index (χ4n) is 2.48. The molecule has 0 saturated carbocycles. The highest BCUT2D eigenvalue weighted by Gasteiger charge is 2.30. The Labute approximate surface area is 88.3 Å². The second-order valence-electron chi connectivity index (χ2n) is 4.03. The molecule has 3 heteroatoms. The lowest BCUT2D eigenvalue weighted by molar-refractivity contribution is 0.0765. The number of nitrogens with one attached hydrogen (secondary N) is 1. The average Bonchev–Trinajstić information content (AvgIpc) is 2.88. The molecule has 2 atom stereocenters. The van der Waals surface area contributed by atoms with Crippen molar-refractivity contribution in [2.24, 2.45) is 0 Å². The number of fused-ring (bicyclic) bond motifs is 1. The molecule has 76 valence electrons. The van der Waals surface area contributed by atoms with Crippen molar-refractivity contribution < 1.29 is 4.74 Å². The largest absolute Gasteiger partial charge is 0.376 e. The van der Waals surface area contributed by atoms with E-state index in [0.717, 1.165) is 13.2 Å². The zero-order chi connectivity index (χ0) is 9.38. The zero-order valence-electron chi connectivity index (χ0n) is 8.16. The summed E-state index contributed by atoms with van der Waals surface area (Å²) in [6, 6.07) is 2.73. The van der Waals surface area contributed by atoms with Crippen LogP contribution in [0.5, 0.6) is 0 Å². The molecular formula is C11H15NOS. The summed E-state index contributed by atoms with van der Waals surface area (Å²) >= 11 is 1.89. The molecule has 3 rings (SSSR count). The Morgan fingerprint density at radius 2 is 2.50 bits per heavy atom. The molecule has 2 unspecified atom stereocenters. The first-order valence-electron chi connectivity index (χ1n) is 5.36. The third kappa shape index (κ3) is 1.40.